The topological polar surface area (TPSA) is 35.2 Å². The first kappa shape index (κ1) is 13.8. The number of hydrogen-bond acceptors (Lipinski definition) is 2. The fourth-order valence-electron chi connectivity index (χ4n) is 0.808. The van der Waals surface area contributed by atoms with Crippen LogP contribution in [0.15, 0.2) is 0 Å². The second-order valence-corrected chi connectivity index (χ2v) is 5.40. The molecule has 0 aromatic carbocycles. The average Bonchev–Trinajstić information content (AvgIpc) is 2.03. The smallest absolute Gasteiger partial charge is 0.0785 e. The van der Waals surface area contributed by atoms with Gasteiger partial charge in [0.1, 0.15) is 0 Å². The molecule has 2 N–H and O–H groups in total. The molecule has 0 atom stereocenters. The number of nitrogens with two attached hydrogens (primary N) is 1. The van der Waals surface area contributed by atoms with Crippen LogP contribution in [0.25, 0.3) is 0 Å². The van der Waals surface area contributed by atoms with Gasteiger partial charge in [0.2, 0.25) is 0 Å². The highest BCUT2D eigenvalue weighted by Crippen LogP contribution is 2.22. The first-order chi connectivity index (χ1) is 6.21. The second-order valence-electron chi connectivity index (χ2n) is 4.96. The zero-order chi connectivity index (χ0) is 11.4. The highest BCUT2D eigenvalue weighted by atomic mass is 32.1. The standard InChI is InChI=1S/C11H23NOS/c1-6-11(4,5)13-8-7-10(2,3)9(12)14/h6-8H2,1-5H3,(H2,12,14). The summed E-state index contributed by atoms with van der Waals surface area (Å²) in [6.07, 6.45) is 1.90. The second kappa shape index (κ2) is 5.08. The quantitative estimate of drug-likeness (QED) is 0.695. The molecule has 0 saturated carbocycles. The Kier molecular flexibility index (Phi) is 5.02. The summed E-state index contributed by atoms with van der Waals surface area (Å²) in [5.41, 5.74) is 5.49. The molecule has 0 radical (unpaired) electrons. The molecule has 0 unspecified atom stereocenters. The molecule has 0 aromatic heterocycles. The molecule has 84 valence electrons. The SMILES string of the molecule is CCC(C)(C)OCCC(C)(C)C(N)=S. The van der Waals surface area contributed by atoms with Gasteiger partial charge in [-0.15, -0.1) is 0 Å². The van der Waals surface area contributed by atoms with Gasteiger partial charge in [-0.2, -0.15) is 0 Å². The normalized spacial score (nSPS) is 12.9. The van der Waals surface area contributed by atoms with Gasteiger partial charge in [0.15, 0.2) is 0 Å². The van der Waals surface area contributed by atoms with Crippen molar-refractivity contribution in [3.8, 4) is 0 Å². The zero-order valence-electron chi connectivity index (χ0n) is 10.0. The van der Waals surface area contributed by atoms with Gasteiger partial charge in [-0.05, 0) is 26.7 Å². The Morgan fingerprint density at radius 1 is 1.29 bits per heavy atom. The van der Waals surface area contributed by atoms with E-state index in [1.807, 2.05) is 0 Å². The largest absolute Gasteiger partial charge is 0.393 e. The lowest BCUT2D eigenvalue weighted by atomic mass is 9.90. The Hall–Kier alpha value is -0.150. The van der Waals surface area contributed by atoms with E-state index in [2.05, 4.69) is 34.6 Å². The van der Waals surface area contributed by atoms with Crippen molar-refractivity contribution >= 4 is 17.2 Å². The van der Waals surface area contributed by atoms with Crippen LogP contribution in [-0.2, 0) is 4.74 Å². The maximum absolute atomic E-state index is 5.75. The molecule has 0 amide bonds. The van der Waals surface area contributed by atoms with Gasteiger partial charge in [-0.1, -0.05) is 33.0 Å². The maximum atomic E-state index is 5.75. The van der Waals surface area contributed by atoms with Gasteiger partial charge >= 0.3 is 0 Å². The third-order valence-electron chi connectivity index (χ3n) is 2.74. The molecule has 0 rings (SSSR count). The van der Waals surface area contributed by atoms with E-state index in [1.165, 1.54) is 0 Å². The van der Waals surface area contributed by atoms with Crippen molar-refractivity contribution in [2.45, 2.75) is 53.1 Å². The fourth-order valence-corrected chi connectivity index (χ4v) is 0.910. The summed E-state index contributed by atoms with van der Waals surface area (Å²) in [7, 11) is 0. The van der Waals surface area contributed by atoms with Crippen LogP contribution in [0.2, 0.25) is 0 Å². The van der Waals surface area contributed by atoms with Crippen molar-refractivity contribution in [3.05, 3.63) is 0 Å². The Morgan fingerprint density at radius 2 is 1.79 bits per heavy atom. The van der Waals surface area contributed by atoms with E-state index in [4.69, 9.17) is 22.7 Å². The van der Waals surface area contributed by atoms with Crippen molar-refractivity contribution < 1.29 is 4.74 Å². The molecular formula is C11H23NOS. The highest BCUT2D eigenvalue weighted by Gasteiger charge is 2.23. The molecule has 14 heavy (non-hydrogen) atoms. The highest BCUT2D eigenvalue weighted by molar-refractivity contribution is 7.80. The molecular weight excluding hydrogens is 194 g/mol. The van der Waals surface area contributed by atoms with Crippen LogP contribution in [0.5, 0.6) is 0 Å². The van der Waals surface area contributed by atoms with Crippen molar-refractivity contribution in [2.75, 3.05) is 6.61 Å². The van der Waals surface area contributed by atoms with Crippen LogP contribution >= 0.6 is 12.2 Å². The van der Waals surface area contributed by atoms with Gasteiger partial charge in [0.25, 0.3) is 0 Å². The predicted molar refractivity (Wildman–Crippen MR) is 65.5 cm³/mol. The maximum Gasteiger partial charge on any atom is 0.0785 e. The Bertz CT molecular complexity index is 199. The van der Waals surface area contributed by atoms with Crippen molar-refractivity contribution in [1.29, 1.82) is 0 Å². The van der Waals surface area contributed by atoms with Crippen LogP contribution in [0.4, 0.5) is 0 Å². The molecule has 0 aliphatic rings. The number of hydrogen-bond donors (Lipinski definition) is 1. The Morgan fingerprint density at radius 3 is 2.14 bits per heavy atom. The lowest BCUT2D eigenvalue weighted by Gasteiger charge is -2.28. The van der Waals surface area contributed by atoms with Crippen LogP contribution in [-0.4, -0.2) is 17.2 Å². The molecule has 3 heteroatoms. The summed E-state index contributed by atoms with van der Waals surface area (Å²) in [6.45, 7) is 11.1. The minimum atomic E-state index is -0.0981. The lowest BCUT2D eigenvalue weighted by Crippen LogP contribution is -2.32. The summed E-state index contributed by atoms with van der Waals surface area (Å²) >= 11 is 4.99. The number of rotatable bonds is 6. The molecule has 0 heterocycles. The van der Waals surface area contributed by atoms with Crippen LogP contribution in [0.3, 0.4) is 0 Å². The average molecular weight is 217 g/mol. The van der Waals surface area contributed by atoms with Crippen LogP contribution < -0.4 is 5.73 Å². The van der Waals surface area contributed by atoms with E-state index >= 15 is 0 Å². The molecule has 0 aromatic rings. The summed E-state index contributed by atoms with van der Waals surface area (Å²) in [5, 5.41) is 0. The summed E-state index contributed by atoms with van der Waals surface area (Å²) in [4.78, 5) is 0.565. The summed E-state index contributed by atoms with van der Waals surface area (Å²) in [6, 6.07) is 0. The molecule has 0 spiro atoms. The van der Waals surface area contributed by atoms with Crippen molar-refractivity contribution in [3.63, 3.8) is 0 Å². The third-order valence-corrected chi connectivity index (χ3v) is 3.29. The molecule has 0 fully saturated rings. The third kappa shape index (κ3) is 4.91. The van der Waals surface area contributed by atoms with Gasteiger partial charge in [-0.25, -0.2) is 0 Å². The Labute approximate surface area is 93.2 Å². The van der Waals surface area contributed by atoms with Gasteiger partial charge in [0.05, 0.1) is 10.6 Å². The molecule has 0 aliphatic heterocycles. The Balaban J connectivity index is 3.91. The molecule has 0 saturated heterocycles. The van der Waals surface area contributed by atoms with E-state index < -0.39 is 0 Å². The predicted octanol–water partition coefficient (Wildman–Crippen LogP) is 2.89. The first-order valence-corrected chi connectivity index (χ1v) is 5.56. The van der Waals surface area contributed by atoms with Gasteiger partial charge in [-0.3, -0.25) is 0 Å². The lowest BCUT2D eigenvalue weighted by molar-refractivity contribution is -0.0269. The van der Waals surface area contributed by atoms with E-state index in [0.717, 1.165) is 12.8 Å². The van der Waals surface area contributed by atoms with Crippen LogP contribution in [0, 0.1) is 5.41 Å². The van der Waals surface area contributed by atoms with E-state index in [0.29, 0.717) is 11.6 Å². The van der Waals surface area contributed by atoms with E-state index in [-0.39, 0.29) is 11.0 Å². The van der Waals surface area contributed by atoms with Crippen molar-refractivity contribution in [1.82, 2.24) is 0 Å². The minimum absolute atomic E-state index is 0.0354. The number of ether oxygens (including phenoxy) is 1. The summed E-state index contributed by atoms with van der Waals surface area (Å²) in [5.74, 6) is 0. The summed E-state index contributed by atoms with van der Waals surface area (Å²) < 4.78 is 5.75. The van der Waals surface area contributed by atoms with Crippen LogP contribution in [0.1, 0.15) is 47.5 Å². The molecule has 0 bridgehead atoms. The molecule has 2 nitrogen and oxygen atoms in total. The molecule has 0 aliphatic carbocycles. The monoisotopic (exact) mass is 217 g/mol. The van der Waals surface area contributed by atoms with Gasteiger partial charge in [0, 0.05) is 12.0 Å². The first-order valence-electron chi connectivity index (χ1n) is 5.15. The number of thiocarbonyl (C=S) groups is 1. The zero-order valence-corrected chi connectivity index (χ0v) is 10.8. The fraction of sp³-hybridized carbons (Fsp3) is 0.909. The minimum Gasteiger partial charge on any atom is -0.393 e. The van der Waals surface area contributed by atoms with E-state index in [9.17, 15) is 0 Å². The van der Waals surface area contributed by atoms with Gasteiger partial charge < -0.3 is 10.5 Å². The van der Waals surface area contributed by atoms with Crippen molar-refractivity contribution in [2.24, 2.45) is 11.1 Å². The van der Waals surface area contributed by atoms with E-state index in [1.54, 1.807) is 0 Å².